The Morgan fingerprint density at radius 2 is 1.54 bits per heavy atom. The number of benzene rings is 3. The minimum Gasteiger partial charge on any atom is -0.457 e. The number of rotatable bonds is 8. The Hall–Kier alpha value is -3.64. The van der Waals surface area contributed by atoms with Crippen LogP contribution in [0.2, 0.25) is 0 Å². The molecule has 1 heterocycles. The van der Waals surface area contributed by atoms with Gasteiger partial charge in [-0.2, -0.15) is 4.98 Å². The van der Waals surface area contributed by atoms with Crippen LogP contribution in [0.3, 0.4) is 0 Å². The van der Waals surface area contributed by atoms with Crippen LogP contribution in [0.1, 0.15) is 57.6 Å². The first-order valence-electron chi connectivity index (χ1n) is 14.1. The molecular weight excluding hydrogens is 482 g/mol. The topological polar surface area (TPSA) is 62.3 Å². The molecule has 0 unspecified atom stereocenters. The highest BCUT2D eigenvalue weighted by Gasteiger charge is 2.22. The Kier molecular flexibility index (Phi) is 8.03. The van der Waals surface area contributed by atoms with Crippen molar-refractivity contribution in [3.8, 4) is 11.5 Å². The number of nitrogens with one attached hydrogen (secondary N) is 2. The van der Waals surface area contributed by atoms with E-state index < -0.39 is 0 Å². The van der Waals surface area contributed by atoms with Crippen molar-refractivity contribution in [2.45, 2.75) is 70.5 Å². The number of hydrogen-bond acceptors (Lipinski definition) is 6. The van der Waals surface area contributed by atoms with Crippen molar-refractivity contribution in [1.82, 2.24) is 15.3 Å². The normalized spacial score (nSPS) is 17.7. The van der Waals surface area contributed by atoms with Gasteiger partial charge in [-0.15, -0.1) is 0 Å². The van der Waals surface area contributed by atoms with Gasteiger partial charge in [0, 0.05) is 38.1 Å². The quantitative estimate of drug-likeness (QED) is 0.253. The number of ether oxygens (including phenoxy) is 1. The van der Waals surface area contributed by atoms with Gasteiger partial charge < -0.3 is 20.3 Å². The predicted molar refractivity (Wildman–Crippen MR) is 162 cm³/mol. The summed E-state index contributed by atoms with van der Waals surface area (Å²) >= 11 is 0. The Balaban J connectivity index is 1.12. The number of nitrogens with zero attached hydrogens (tertiary/aromatic N) is 3. The summed E-state index contributed by atoms with van der Waals surface area (Å²) in [6.07, 6.45) is 4.45. The second-order valence-corrected chi connectivity index (χ2v) is 11.9. The SMILES string of the molecule is CN(C)c1nc(NC2CCC(NCc3cccc(Oc4ccc(C(C)(C)C)cc4)c3)CC2)nc2ccccc12. The lowest BCUT2D eigenvalue weighted by Gasteiger charge is -2.30. The molecule has 1 aromatic heterocycles. The van der Waals surface area contributed by atoms with Crippen LogP contribution >= 0.6 is 0 Å². The lowest BCUT2D eigenvalue weighted by Crippen LogP contribution is -2.37. The molecule has 0 radical (unpaired) electrons. The second kappa shape index (κ2) is 11.6. The van der Waals surface area contributed by atoms with Crippen LogP contribution in [0.4, 0.5) is 11.8 Å². The molecule has 39 heavy (non-hydrogen) atoms. The van der Waals surface area contributed by atoms with E-state index >= 15 is 0 Å². The van der Waals surface area contributed by atoms with Crippen molar-refractivity contribution in [2.24, 2.45) is 0 Å². The maximum Gasteiger partial charge on any atom is 0.225 e. The summed E-state index contributed by atoms with van der Waals surface area (Å²) in [6, 6.07) is 25.9. The van der Waals surface area contributed by atoms with E-state index in [4.69, 9.17) is 14.7 Å². The van der Waals surface area contributed by atoms with E-state index in [2.05, 4.69) is 90.9 Å². The average Bonchev–Trinajstić information content (AvgIpc) is 2.92. The fraction of sp³-hybridized carbons (Fsp3) is 0.394. The summed E-state index contributed by atoms with van der Waals surface area (Å²) in [7, 11) is 4.06. The molecule has 0 spiro atoms. The second-order valence-electron chi connectivity index (χ2n) is 11.9. The first-order chi connectivity index (χ1) is 18.7. The van der Waals surface area contributed by atoms with E-state index in [1.54, 1.807) is 0 Å². The van der Waals surface area contributed by atoms with E-state index in [1.165, 1.54) is 11.1 Å². The molecule has 6 nitrogen and oxygen atoms in total. The number of hydrogen-bond donors (Lipinski definition) is 2. The number of anilines is 2. The molecule has 0 amide bonds. The molecular formula is C33H41N5O. The van der Waals surface area contributed by atoms with Crippen molar-refractivity contribution >= 4 is 22.7 Å². The van der Waals surface area contributed by atoms with E-state index in [0.29, 0.717) is 12.1 Å². The van der Waals surface area contributed by atoms with Gasteiger partial charge in [0.05, 0.1) is 5.52 Å². The van der Waals surface area contributed by atoms with Crippen LogP contribution in [0.25, 0.3) is 10.9 Å². The summed E-state index contributed by atoms with van der Waals surface area (Å²) in [4.78, 5) is 11.7. The van der Waals surface area contributed by atoms with Crippen LogP contribution < -0.4 is 20.3 Å². The minimum atomic E-state index is 0.138. The molecule has 0 saturated heterocycles. The van der Waals surface area contributed by atoms with E-state index in [9.17, 15) is 0 Å². The van der Waals surface area contributed by atoms with Gasteiger partial charge in [-0.25, -0.2) is 4.98 Å². The summed E-state index contributed by atoms with van der Waals surface area (Å²) in [5, 5.41) is 8.45. The lowest BCUT2D eigenvalue weighted by atomic mass is 9.87. The van der Waals surface area contributed by atoms with Crippen LogP contribution in [-0.4, -0.2) is 36.1 Å². The summed E-state index contributed by atoms with van der Waals surface area (Å²) in [5.41, 5.74) is 3.65. The molecule has 3 aromatic carbocycles. The highest BCUT2D eigenvalue weighted by atomic mass is 16.5. The first-order valence-corrected chi connectivity index (χ1v) is 14.1. The highest BCUT2D eigenvalue weighted by molar-refractivity contribution is 5.90. The van der Waals surface area contributed by atoms with Gasteiger partial charge in [-0.1, -0.05) is 57.2 Å². The van der Waals surface area contributed by atoms with Crippen molar-refractivity contribution in [3.63, 3.8) is 0 Å². The Morgan fingerprint density at radius 1 is 0.821 bits per heavy atom. The van der Waals surface area contributed by atoms with Gasteiger partial charge in [0.2, 0.25) is 5.95 Å². The van der Waals surface area contributed by atoms with Crippen molar-refractivity contribution < 1.29 is 4.74 Å². The summed E-state index contributed by atoms with van der Waals surface area (Å²) in [5.74, 6) is 3.41. The maximum atomic E-state index is 6.15. The van der Waals surface area contributed by atoms with Crippen LogP contribution in [0, 0.1) is 0 Å². The van der Waals surface area contributed by atoms with Gasteiger partial charge in [-0.3, -0.25) is 0 Å². The smallest absolute Gasteiger partial charge is 0.225 e. The molecule has 1 aliphatic carbocycles. The van der Waals surface area contributed by atoms with Gasteiger partial charge in [0.15, 0.2) is 0 Å². The van der Waals surface area contributed by atoms with Crippen LogP contribution in [0.5, 0.6) is 11.5 Å². The highest BCUT2D eigenvalue weighted by Crippen LogP contribution is 2.29. The molecule has 2 N–H and O–H groups in total. The van der Waals surface area contributed by atoms with Gasteiger partial charge in [0.1, 0.15) is 17.3 Å². The molecule has 0 bridgehead atoms. The minimum absolute atomic E-state index is 0.138. The van der Waals surface area contributed by atoms with Gasteiger partial charge in [0.25, 0.3) is 0 Å². The van der Waals surface area contributed by atoms with Crippen molar-refractivity contribution in [2.75, 3.05) is 24.3 Å². The molecule has 0 atom stereocenters. The Labute approximate surface area is 232 Å². The van der Waals surface area contributed by atoms with Gasteiger partial charge >= 0.3 is 0 Å². The molecule has 204 valence electrons. The zero-order chi connectivity index (χ0) is 27.4. The third-order valence-electron chi connectivity index (χ3n) is 7.52. The molecule has 1 saturated carbocycles. The summed E-state index contributed by atoms with van der Waals surface area (Å²) in [6.45, 7) is 7.51. The zero-order valence-corrected chi connectivity index (χ0v) is 23.9. The molecule has 5 rings (SSSR count). The first kappa shape index (κ1) is 26.9. The van der Waals surface area contributed by atoms with Crippen LogP contribution in [-0.2, 0) is 12.0 Å². The number of aromatic nitrogens is 2. The Bertz CT molecular complexity index is 1390. The zero-order valence-electron chi connectivity index (χ0n) is 23.9. The van der Waals surface area contributed by atoms with Gasteiger partial charge in [-0.05, 0) is 78.6 Å². The third-order valence-corrected chi connectivity index (χ3v) is 7.52. The average molecular weight is 524 g/mol. The van der Waals surface area contributed by atoms with Crippen molar-refractivity contribution in [3.05, 3.63) is 83.9 Å². The predicted octanol–water partition coefficient (Wildman–Crippen LogP) is 7.30. The molecule has 1 aliphatic rings. The van der Waals surface area contributed by atoms with Crippen LogP contribution in [0.15, 0.2) is 72.8 Å². The maximum absolute atomic E-state index is 6.15. The fourth-order valence-corrected chi connectivity index (χ4v) is 5.23. The summed E-state index contributed by atoms with van der Waals surface area (Å²) < 4.78 is 6.15. The molecule has 6 heteroatoms. The van der Waals surface area contributed by atoms with E-state index in [-0.39, 0.29) is 5.41 Å². The number of fused-ring (bicyclic) bond motifs is 1. The molecule has 4 aromatic rings. The third kappa shape index (κ3) is 6.87. The van der Waals surface area contributed by atoms with E-state index in [0.717, 1.165) is 66.4 Å². The standard InChI is InChI=1S/C33H41N5O/c1-33(2,3)24-13-19-27(20-14-24)39-28-10-8-9-23(21-28)22-34-25-15-17-26(18-16-25)35-32-36-30-12-7-6-11-29(30)31(37-32)38(4)5/h6-14,19-21,25-26,34H,15-18,22H2,1-5H3,(H,35,36,37). The van der Waals surface area contributed by atoms with Crippen molar-refractivity contribution in [1.29, 1.82) is 0 Å². The van der Waals surface area contributed by atoms with E-state index in [1.807, 2.05) is 32.3 Å². The largest absolute Gasteiger partial charge is 0.457 e. The molecule has 0 aliphatic heterocycles. The fourth-order valence-electron chi connectivity index (χ4n) is 5.23. The monoisotopic (exact) mass is 523 g/mol. The number of para-hydroxylation sites is 1. The lowest BCUT2D eigenvalue weighted by molar-refractivity contribution is 0.352. The Morgan fingerprint density at radius 3 is 2.26 bits per heavy atom. The molecule has 1 fully saturated rings.